The number of aliphatic hydroxyl groups is 1. The molecule has 1 heterocycles. The Kier molecular flexibility index (Phi) is 5.00. The zero-order valence-corrected chi connectivity index (χ0v) is 12.3. The van der Waals surface area contributed by atoms with Crippen LogP contribution in [-0.4, -0.2) is 39.3 Å². The summed E-state index contributed by atoms with van der Waals surface area (Å²) < 4.78 is 0. The van der Waals surface area contributed by atoms with Gasteiger partial charge in [0.05, 0.1) is 23.6 Å². The fourth-order valence-corrected chi connectivity index (χ4v) is 2.11. The number of carbonyl (C=O) groups is 1. The van der Waals surface area contributed by atoms with Gasteiger partial charge in [-0.2, -0.15) is 10.2 Å². The van der Waals surface area contributed by atoms with Gasteiger partial charge in [-0.3, -0.25) is 4.79 Å². The number of aromatic nitrogens is 2. The van der Waals surface area contributed by atoms with E-state index in [0.29, 0.717) is 23.5 Å². The highest BCUT2D eigenvalue weighted by Gasteiger charge is 2.18. The van der Waals surface area contributed by atoms with E-state index in [-0.39, 0.29) is 19.1 Å². The molecular formula is C16H19N3O2. The molecule has 1 aromatic carbocycles. The van der Waals surface area contributed by atoms with Crippen molar-refractivity contribution in [1.29, 1.82) is 0 Å². The van der Waals surface area contributed by atoms with Gasteiger partial charge in [0, 0.05) is 13.1 Å². The van der Waals surface area contributed by atoms with Crippen LogP contribution in [0.1, 0.15) is 27.3 Å². The molecule has 1 amide bonds. The van der Waals surface area contributed by atoms with Crippen molar-refractivity contribution in [1.82, 2.24) is 15.1 Å². The number of rotatable bonds is 5. The molecule has 5 heteroatoms. The van der Waals surface area contributed by atoms with E-state index in [1.807, 2.05) is 30.3 Å². The number of hydrogen-bond acceptors (Lipinski definition) is 4. The number of benzene rings is 1. The minimum atomic E-state index is -0.136. The summed E-state index contributed by atoms with van der Waals surface area (Å²) in [6, 6.07) is 11.4. The second-order valence-electron chi connectivity index (χ2n) is 4.92. The zero-order valence-electron chi connectivity index (χ0n) is 12.3. The molecule has 21 heavy (non-hydrogen) atoms. The highest BCUT2D eigenvalue weighted by Crippen LogP contribution is 2.12. The lowest BCUT2D eigenvalue weighted by atomic mass is 10.1. The molecule has 110 valence electrons. The van der Waals surface area contributed by atoms with Gasteiger partial charge in [-0.25, -0.2) is 0 Å². The van der Waals surface area contributed by atoms with Gasteiger partial charge >= 0.3 is 0 Å². The Morgan fingerprint density at radius 2 is 1.90 bits per heavy atom. The molecule has 2 aromatic rings. The summed E-state index contributed by atoms with van der Waals surface area (Å²) in [4.78, 5) is 14.3. The maximum Gasteiger partial charge on any atom is 0.256 e. The van der Waals surface area contributed by atoms with Crippen molar-refractivity contribution in [2.24, 2.45) is 0 Å². The molecule has 0 saturated carbocycles. The molecule has 0 atom stereocenters. The second kappa shape index (κ2) is 6.95. The molecule has 5 nitrogen and oxygen atoms in total. The van der Waals surface area contributed by atoms with Crippen molar-refractivity contribution < 1.29 is 9.90 Å². The van der Waals surface area contributed by atoms with Crippen LogP contribution < -0.4 is 0 Å². The first-order valence-electron chi connectivity index (χ1n) is 6.87. The molecule has 1 aromatic heterocycles. The van der Waals surface area contributed by atoms with E-state index in [4.69, 9.17) is 0 Å². The third-order valence-corrected chi connectivity index (χ3v) is 3.20. The lowest BCUT2D eigenvalue weighted by Gasteiger charge is -2.22. The van der Waals surface area contributed by atoms with Crippen LogP contribution in [0.5, 0.6) is 0 Å². The largest absolute Gasteiger partial charge is 0.395 e. The highest BCUT2D eigenvalue weighted by molar-refractivity contribution is 5.95. The summed E-state index contributed by atoms with van der Waals surface area (Å²) in [5.41, 5.74) is 2.86. The molecule has 1 N–H and O–H groups in total. The van der Waals surface area contributed by atoms with Crippen molar-refractivity contribution >= 4 is 5.91 Å². The van der Waals surface area contributed by atoms with Gasteiger partial charge < -0.3 is 10.0 Å². The number of aryl methyl sites for hydroxylation is 2. The lowest BCUT2D eigenvalue weighted by molar-refractivity contribution is 0.0706. The van der Waals surface area contributed by atoms with Crippen LogP contribution in [0.4, 0.5) is 0 Å². The van der Waals surface area contributed by atoms with Crippen LogP contribution in [0, 0.1) is 13.8 Å². The molecule has 0 aliphatic rings. The third kappa shape index (κ3) is 3.86. The normalized spacial score (nSPS) is 10.4. The van der Waals surface area contributed by atoms with E-state index in [0.717, 1.165) is 5.56 Å². The first-order chi connectivity index (χ1) is 10.1. The van der Waals surface area contributed by atoms with E-state index >= 15 is 0 Å². The highest BCUT2D eigenvalue weighted by atomic mass is 16.3. The van der Waals surface area contributed by atoms with Crippen LogP contribution in [0.3, 0.4) is 0 Å². The molecule has 0 saturated heterocycles. The van der Waals surface area contributed by atoms with Crippen LogP contribution in [-0.2, 0) is 6.54 Å². The Morgan fingerprint density at radius 3 is 2.57 bits per heavy atom. The Labute approximate surface area is 124 Å². The summed E-state index contributed by atoms with van der Waals surface area (Å²) in [5, 5.41) is 17.1. The predicted octanol–water partition coefficient (Wildman–Crippen LogP) is 1.73. The Hall–Kier alpha value is -2.27. The fourth-order valence-electron chi connectivity index (χ4n) is 2.11. The molecule has 0 bridgehead atoms. The standard InChI is InChI=1S/C16H19N3O2/c1-12-10-15(13(2)18-17-12)16(21)19(8-9-20)11-14-6-4-3-5-7-14/h3-7,10,20H,8-9,11H2,1-2H3. The molecule has 0 spiro atoms. The van der Waals surface area contributed by atoms with Crippen molar-refractivity contribution in [2.45, 2.75) is 20.4 Å². The SMILES string of the molecule is Cc1cc(C(=O)N(CCO)Cc2ccccc2)c(C)nn1. The average Bonchev–Trinajstić information content (AvgIpc) is 2.49. The molecule has 0 fully saturated rings. The Bertz CT molecular complexity index is 614. The Balaban J connectivity index is 2.25. The van der Waals surface area contributed by atoms with Crippen molar-refractivity contribution in [3.8, 4) is 0 Å². The number of amides is 1. The van der Waals surface area contributed by atoms with Gasteiger partial charge in [-0.15, -0.1) is 0 Å². The van der Waals surface area contributed by atoms with E-state index in [1.165, 1.54) is 0 Å². The minimum absolute atomic E-state index is 0.0743. The number of carbonyl (C=O) groups excluding carboxylic acids is 1. The number of nitrogens with zero attached hydrogens (tertiary/aromatic N) is 3. The van der Waals surface area contributed by atoms with Crippen molar-refractivity contribution in [3.63, 3.8) is 0 Å². The first-order valence-corrected chi connectivity index (χ1v) is 6.87. The van der Waals surface area contributed by atoms with Gasteiger partial charge in [0.1, 0.15) is 0 Å². The molecule has 0 aliphatic heterocycles. The molecule has 0 radical (unpaired) electrons. The van der Waals surface area contributed by atoms with Gasteiger partial charge in [0.25, 0.3) is 5.91 Å². The second-order valence-corrected chi connectivity index (χ2v) is 4.92. The smallest absolute Gasteiger partial charge is 0.256 e. The Morgan fingerprint density at radius 1 is 1.19 bits per heavy atom. The maximum atomic E-state index is 12.7. The zero-order chi connectivity index (χ0) is 15.2. The summed E-state index contributed by atoms with van der Waals surface area (Å²) in [7, 11) is 0. The number of hydrogen-bond donors (Lipinski definition) is 1. The van der Waals surface area contributed by atoms with Crippen LogP contribution >= 0.6 is 0 Å². The van der Waals surface area contributed by atoms with Crippen LogP contribution in [0.25, 0.3) is 0 Å². The van der Waals surface area contributed by atoms with Gasteiger partial charge in [0.15, 0.2) is 0 Å². The third-order valence-electron chi connectivity index (χ3n) is 3.20. The monoisotopic (exact) mass is 285 g/mol. The van der Waals surface area contributed by atoms with Crippen LogP contribution in [0.2, 0.25) is 0 Å². The summed E-state index contributed by atoms with van der Waals surface area (Å²) in [6.45, 7) is 4.24. The molecule has 0 unspecified atom stereocenters. The van der Waals surface area contributed by atoms with Gasteiger partial charge in [-0.1, -0.05) is 30.3 Å². The molecule has 2 rings (SSSR count). The van der Waals surface area contributed by atoms with Crippen molar-refractivity contribution in [2.75, 3.05) is 13.2 Å². The molecule has 0 aliphatic carbocycles. The summed E-state index contributed by atoms with van der Waals surface area (Å²) in [6.07, 6.45) is 0. The fraction of sp³-hybridized carbons (Fsp3) is 0.312. The van der Waals surface area contributed by atoms with E-state index in [2.05, 4.69) is 10.2 Å². The number of aliphatic hydroxyl groups excluding tert-OH is 1. The van der Waals surface area contributed by atoms with E-state index in [1.54, 1.807) is 24.8 Å². The first kappa shape index (κ1) is 15.1. The van der Waals surface area contributed by atoms with Gasteiger partial charge in [0.2, 0.25) is 0 Å². The predicted molar refractivity (Wildman–Crippen MR) is 79.8 cm³/mol. The van der Waals surface area contributed by atoms with Crippen molar-refractivity contribution in [3.05, 3.63) is 58.9 Å². The lowest BCUT2D eigenvalue weighted by Crippen LogP contribution is -2.33. The minimum Gasteiger partial charge on any atom is -0.395 e. The van der Waals surface area contributed by atoms with Crippen LogP contribution in [0.15, 0.2) is 36.4 Å². The van der Waals surface area contributed by atoms with E-state index in [9.17, 15) is 9.90 Å². The van der Waals surface area contributed by atoms with E-state index < -0.39 is 0 Å². The topological polar surface area (TPSA) is 66.3 Å². The summed E-state index contributed by atoms with van der Waals surface area (Å²) in [5.74, 6) is -0.136. The summed E-state index contributed by atoms with van der Waals surface area (Å²) >= 11 is 0. The molecular weight excluding hydrogens is 266 g/mol. The average molecular weight is 285 g/mol. The maximum absolute atomic E-state index is 12.7. The quantitative estimate of drug-likeness (QED) is 0.908. The van der Waals surface area contributed by atoms with Gasteiger partial charge in [-0.05, 0) is 25.5 Å².